The van der Waals surface area contributed by atoms with Crippen LogP contribution < -0.4 is 0 Å². The SMILES string of the molecule is O=CCc1ccc(CBr)c(Cl)n1. The van der Waals surface area contributed by atoms with Crippen LogP contribution in [0.15, 0.2) is 12.1 Å². The summed E-state index contributed by atoms with van der Waals surface area (Å²) < 4.78 is 0. The Morgan fingerprint density at radius 1 is 1.58 bits per heavy atom. The van der Waals surface area contributed by atoms with Gasteiger partial charge in [0.15, 0.2) is 0 Å². The van der Waals surface area contributed by atoms with Gasteiger partial charge in [0.25, 0.3) is 0 Å². The van der Waals surface area contributed by atoms with Crippen molar-refractivity contribution in [1.29, 1.82) is 0 Å². The molecule has 64 valence electrons. The van der Waals surface area contributed by atoms with Crippen molar-refractivity contribution in [3.05, 3.63) is 28.5 Å². The highest BCUT2D eigenvalue weighted by molar-refractivity contribution is 9.08. The molecule has 4 heteroatoms. The van der Waals surface area contributed by atoms with E-state index >= 15 is 0 Å². The molecule has 0 radical (unpaired) electrons. The summed E-state index contributed by atoms with van der Waals surface area (Å²) in [6, 6.07) is 3.67. The second kappa shape index (κ2) is 4.58. The molecule has 0 fully saturated rings. The number of pyridine rings is 1. The van der Waals surface area contributed by atoms with E-state index < -0.39 is 0 Å². The molecule has 0 unspecified atom stereocenters. The fourth-order valence-electron chi connectivity index (χ4n) is 0.799. The van der Waals surface area contributed by atoms with Crippen LogP contribution in [0.5, 0.6) is 0 Å². The van der Waals surface area contributed by atoms with E-state index in [1.807, 2.05) is 6.07 Å². The molecular formula is C8H7BrClNO. The van der Waals surface area contributed by atoms with Gasteiger partial charge in [0.1, 0.15) is 11.4 Å². The van der Waals surface area contributed by atoms with Crippen LogP contribution in [-0.4, -0.2) is 11.3 Å². The number of aldehydes is 1. The van der Waals surface area contributed by atoms with Crippen LogP contribution in [-0.2, 0) is 16.5 Å². The predicted octanol–water partition coefficient (Wildman–Crippen LogP) is 2.37. The van der Waals surface area contributed by atoms with Gasteiger partial charge in [0.05, 0.1) is 0 Å². The fourth-order valence-corrected chi connectivity index (χ4v) is 1.65. The second-order valence-corrected chi connectivity index (χ2v) is 3.18. The molecule has 0 aliphatic rings. The van der Waals surface area contributed by atoms with Crippen LogP contribution >= 0.6 is 27.5 Å². The van der Waals surface area contributed by atoms with E-state index in [4.69, 9.17) is 11.6 Å². The number of hydrogen-bond donors (Lipinski definition) is 0. The van der Waals surface area contributed by atoms with Gasteiger partial charge in [-0.15, -0.1) is 0 Å². The zero-order chi connectivity index (χ0) is 8.97. The van der Waals surface area contributed by atoms with E-state index in [-0.39, 0.29) is 0 Å². The second-order valence-electron chi connectivity index (χ2n) is 2.26. The van der Waals surface area contributed by atoms with E-state index in [0.717, 1.165) is 11.8 Å². The highest BCUT2D eigenvalue weighted by Crippen LogP contribution is 2.16. The van der Waals surface area contributed by atoms with E-state index in [0.29, 0.717) is 22.6 Å². The first kappa shape index (κ1) is 9.68. The standard InChI is InChI=1S/C8H7BrClNO/c9-5-6-1-2-7(3-4-12)11-8(6)10/h1-2,4H,3,5H2. The number of rotatable bonds is 3. The zero-order valence-electron chi connectivity index (χ0n) is 6.26. The summed E-state index contributed by atoms with van der Waals surface area (Å²) in [7, 11) is 0. The molecule has 0 saturated heterocycles. The lowest BCUT2D eigenvalue weighted by Crippen LogP contribution is -1.93. The summed E-state index contributed by atoms with van der Waals surface area (Å²) >= 11 is 9.09. The molecule has 0 atom stereocenters. The van der Waals surface area contributed by atoms with Gasteiger partial charge < -0.3 is 4.79 Å². The Hall–Kier alpha value is -0.410. The Kier molecular flexibility index (Phi) is 3.69. The van der Waals surface area contributed by atoms with E-state index in [1.54, 1.807) is 6.07 Å². The van der Waals surface area contributed by atoms with Crippen molar-refractivity contribution < 1.29 is 4.79 Å². The summed E-state index contributed by atoms with van der Waals surface area (Å²) in [5, 5.41) is 1.14. The Bertz CT molecular complexity index is 290. The molecule has 1 heterocycles. The third kappa shape index (κ3) is 2.29. The highest BCUT2D eigenvalue weighted by atomic mass is 79.9. The maximum atomic E-state index is 10.1. The number of halogens is 2. The minimum atomic E-state index is 0.322. The number of nitrogens with zero attached hydrogens (tertiary/aromatic N) is 1. The monoisotopic (exact) mass is 247 g/mol. The van der Waals surface area contributed by atoms with Crippen molar-refractivity contribution in [3.63, 3.8) is 0 Å². The average Bonchev–Trinajstić information content (AvgIpc) is 2.05. The fraction of sp³-hybridized carbons (Fsp3) is 0.250. The molecule has 0 amide bonds. The van der Waals surface area contributed by atoms with Crippen LogP contribution in [0.3, 0.4) is 0 Å². The van der Waals surface area contributed by atoms with Gasteiger partial charge in [-0.05, 0) is 6.07 Å². The minimum Gasteiger partial charge on any atom is -0.303 e. The Morgan fingerprint density at radius 2 is 2.33 bits per heavy atom. The lowest BCUT2D eigenvalue weighted by Gasteiger charge is -2.00. The van der Waals surface area contributed by atoms with Crippen molar-refractivity contribution in [1.82, 2.24) is 4.98 Å². The first-order valence-corrected chi connectivity index (χ1v) is 4.91. The first-order valence-electron chi connectivity index (χ1n) is 3.42. The van der Waals surface area contributed by atoms with Crippen molar-refractivity contribution in [2.75, 3.05) is 0 Å². The number of carbonyl (C=O) groups is 1. The molecule has 1 aromatic rings. The summed E-state index contributed by atoms with van der Waals surface area (Å²) in [5.41, 5.74) is 1.64. The van der Waals surface area contributed by atoms with Crippen molar-refractivity contribution in [3.8, 4) is 0 Å². The van der Waals surface area contributed by atoms with Crippen LogP contribution in [0, 0.1) is 0 Å². The molecule has 0 saturated carbocycles. The van der Waals surface area contributed by atoms with Gasteiger partial charge in [-0.25, -0.2) is 4.98 Å². The third-order valence-electron chi connectivity index (χ3n) is 1.42. The minimum absolute atomic E-state index is 0.322. The lowest BCUT2D eigenvalue weighted by molar-refractivity contribution is -0.107. The van der Waals surface area contributed by atoms with Crippen LogP contribution in [0.4, 0.5) is 0 Å². The van der Waals surface area contributed by atoms with Gasteiger partial charge in [0, 0.05) is 23.0 Å². The maximum Gasteiger partial charge on any atom is 0.133 e. The summed E-state index contributed by atoms with van der Waals surface area (Å²) in [4.78, 5) is 14.2. The molecule has 0 N–H and O–H groups in total. The average molecular weight is 249 g/mol. The molecular weight excluding hydrogens is 241 g/mol. The van der Waals surface area contributed by atoms with Gasteiger partial charge >= 0.3 is 0 Å². The summed E-state index contributed by atoms with van der Waals surface area (Å²) in [6.07, 6.45) is 1.13. The van der Waals surface area contributed by atoms with Crippen molar-refractivity contribution in [2.45, 2.75) is 11.8 Å². The molecule has 0 spiro atoms. The summed E-state index contributed by atoms with van der Waals surface area (Å²) in [5.74, 6) is 0. The lowest BCUT2D eigenvalue weighted by atomic mass is 10.2. The Balaban J connectivity index is 2.93. The maximum absolute atomic E-state index is 10.1. The van der Waals surface area contributed by atoms with Crippen molar-refractivity contribution >= 4 is 33.8 Å². The quantitative estimate of drug-likeness (QED) is 0.467. The van der Waals surface area contributed by atoms with E-state index in [1.165, 1.54) is 0 Å². The molecule has 0 aliphatic heterocycles. The Labute approximate surface area is 84.1 Å². The molecule has 1 rings (SSSR count). The van der Waals surface area contributed by atoms with Gasteiger partial charge in [-0.2, -0.15) is 0 Å². The van der Waals surface area contributed by atoms with Crippen molar-refractivity contribution in [2.24, 2.45) is 0 Å². The largest absolute Gasteiger partial charge is 0.303 e. The van der Waals surface area contributed by atoms with Crippen LogP contribution in [0.2, 0.25) is 5.15 Å². The molecule has 12 heavy (non-hydrogen) atoms. The normalized spacial score (nSPS) is 9.83. The summed E-state index contributed by atoms with van der Waals surface area (Å²) in [6.45, 7) is 0. The molecule has 0 aliphatic carbocycles. The number of aromatic nitrogens is 1. The van der Waals surface area contributed by atoms with Gasteiger partial charge in [-0.1, -0.05) is 33.6 Å². The van der Waals surface area contributed by atoms with Gasteiger partial charge in [-0.3, -0.25) is 0 Å². The third-order valence-corrected chi connectivity index (χ3v) is 2.35. The topological polar surface area (TPSA) is 30.0 Å². The molecule has 0 aromatic carbocycles. The molecule has 1 aromatic heterocycles. The van der Waals surface area contributed by atoms with Crippen LogP contribution in [0.25, 0.3) is 0 Å². The number of alkyl halides is 1. The van der Waals surface area contributed by atoms with E-state index in [9.17, 15) is 4.79 Å². The predicted molar refractivity (Wildman–Crippen MR) is 51.6 cm³/mol. The molecule has 2 nitrogen and oxygen atoms in total. The Morgan fingerprint density at radius 3 is 2.83 bits per heavy atom. The zero-order valence-corrected chi connectivity index (χ0v) is 8.60. The molecule has 0 bridgehead atoms. The van der Waals surface area contributed by atoms with Crippen LogP contribution in [0.1, 0.15) is 11.3 Å². The first-order chi connectivity index (χ1) is 5.77. The van der Waals surface area contributed by atoms with E-state index in [2.05, 4.69) is 20.9 Å². The highest BCUT2D eigenvalue weighted by Gasteiger charge is 2.01. The number of carbonyl (C=O) groups excluding carboxylic acids is 1. The van der Waals surface area contributed by atoms with Gasteiger partial charge in [0.2, 0.25) is 0 Å². The smallest absolute Gasteiger partial charge is 0.133 e. The number of hydrogen-bond acceptors (Lipinski definition) is 2.